The van der Waals surface area contributed by atoms with Crippen molar-refractivity contribution in [2.24, 2.45) is 5.92 Å². The molecule has 0 aliphatic carbocycles. The summed E-state index contributed by atoms with van der Waals surface area (Å²) in [5, 5.41) is 0. The van der Waals surface area contributed by atoms with Crippen molar-refractivity contribution < 1.29 is 14.3 Å². The van der Waals surface area contributed by atoms with Gasteiger partial charge >= 0.3 is 0 Å². The van der Waals surface area contributed by atoms with E-state index in [-0.39, 0.29) is 23.8 Å². The number of fused-ring (bicyclic) bond motifs is 1. The van der Waals surface area contributed by atoms with Crippen LogP contribution < -0.4 is 0 Å². The number of likely N-dealkylation sites (tertiary alicyclic amines) is 1. The SMILES string of the molecule is O=C(CCc1ccc[nH]1)N1C[C@@H]2CN(C(=O)c3ccccc3)CCO[C@@H]2C1. The van der Waals surface area contributed by atoms with Crippen molar-refractivity contribution in [3.05, 3.63) is 59.9 Å². The molecule has 0 radical (unpaired) electrons. The van der Waals surface area contributed by atoms with E-state index in [2.05, 4.69) is 4.98 Å². The van der Waals surface area contributed by atoms with Crippen molar-refractivity contribution >= 4 is 11.8 Å². The molecular weight excluding hydrogens is 342 g/mol. The van der Waals surface area contributed by atoms with E-state index in [1.165, 1.54) is 0 Å². The fraction of sp³-hybridized carbons (Fsp3) is 0.429. The number of aromatic amines is 1. The third kappa shape index (κ3) is 4.06. The number of amides is 2. The molecule has 0 spiro atoms. The molecule has 6 heteroatoms. The molecular formula is C21H25N3O3. The molecule has 3 heterocycles. The van der Waals surface area contributed by atoms with Crippen LogP contribution in [0.5, 0.6) is 0 Å². The second kappa shape index (κ2) is 7.96. The Morgan fingerprint density at radius 1 is 1.04 bits per heavy atom. The minimum atomic E-state index is 0.0213. The fourth-order valence-electron chi connectivity index (χ4n) is 3.97. The van der Waals surface area contributed by atoms with Gasteiger partial charge in [-0.25, -0.2) is 0 Å². The molecule has 2 saturated heterocycles. The van der Waals surface area contributed by atoms with Crippen LogP contribution in [-0.4, -0.2) is 65.5 Å². The summed E-state index contributed by atoms with van der Waals surface area (Å²) in [5.74, 6) is 0.369. The number of aryl methyl sites for hydroxylation is 1. The van der Waals surface area contributed by atoms with Crippen molar-refractivity contribution in [3.8, 4) is 0 Å². The summed E-state index contributed by atoms with van der Waals surface area (Å²) in [6.45, 7) is 3.04. The predicted octanol–water partition coefficient (Wildman–Crippen LogP) is 1.95. The summed E-state index contributed by atoms with van der Waals surface area (Å²) in [6.07, 6.45) is 3.11. The van der Waals surface area contributed by atoms with Crippen LogP contribution in [-0.2, 0) is 16.0 Å². The summed E-state index contributed by atoms with van der Waals surface area (Å²) in [6, 6.07) is 13.3. The molecule has 2 aliphatic heterocycles. The van der Waals surface area contributed by atoms with Gasteiger partial charge < -0.3 is 19.5 Å². The van der Waals surface area contributed by atoms with Gasteiger partial charge in [0.15, 0.2) is 0 Å². The molecule has 0 unspecified atom stereocenters. The number of benzene rings is 1. The molecule has 142 valence electrons. The molecule has 1 aromatic carbocycles. The second-order valence-corrected chi connectivity index (χ2v) is 7.28. The van der Waals surface area contributed by atoms with Gasteiger partial charge in [-0.2, -0.15) is 0 Å². The van der Waals surface area contributed by atoms with Crippen molar-refractivity contribution in [2.75, 3.05) is 32.8 Å². The van der Waals surface area contributed by atoms with E-state index in [4.69, 9.17) is 4.74 Å². The van der Waals surface area contributed by atoms with E-state index in [1.807, 2.05) is 58.5 Å². The molecule has 27 heavy (non-hydrogen) atoms. The summed E-state index contributed by atoms with van der Waals surface area (Å²) < 4.78 is 5.98. The average molecular weight is 367 g/mol. The highest BCUT2D eigenvalue weighted by molar-refractivity contribution is 5.94. The number of nitrogens with zero attached hydrogens (tertiary/aromatic N) is 2. The largest absolute Gasteiger partial charge is 0.374 e. The molecule has 6 nitrogen and oxygen atoms in total. The van der Waals surface area contributed by atoms with Gasteiger partial charge in [0.2, 0.25) is 5.91 Å². The standard InChI is InChI=1S/C21H25N3O3/c25-20(9-8-18-7-4-10-22-18)24-14-17-13-23(11-12-27-19(17)15-24)21(26)16-5-2-1-3-6-16/h1-7,10,17,19,22H,8-9,11-15H2/t17-,19+/m0/s1. The minimum absolute atomic E-state index is 0.0213. The quantitative estimate of drug-likeness (QED) is 0.898. The van der Waals surface area contributed by atoms with Crippen LogP contribution in [0.25, 0.3) is 0 Å². The molecule has 1 aromatic heterocycles. The molecule has 0 bridgehead atoms. The number of ether oxygens (including phenoxy) is 1. The zero-order chi connectivity index (χ0) is 18.6. The smallest absolute Gasteiger partial charge is 0.253 e. The van der Waals surface area contributed by atoms with Gasteiger partial charge in [0.1, 0.15) is 0 Å². The molecule has 2 fully saturated rings. The number of hydrogen-bond acceptors (Lipinski definition) is 3. The summed E-state index contributed by atoms with van der Waals surface area (Å²) >= 11 is 0. The number of carbonyl (C=O) groups excluding carboxylic acids is 2. The van der Waals surface area contributed by atoms with Crippen molar-refractivity contribution in [1.29, 1.82) is 0 Å². The lowest BCUT2D eigenvalue weighted by Crippen LogP contribution is -2.38. The zero-order valence-corrected chi connectivity index (χ0v) is 15.3. The van der Waals surface area contributed by atoms with Gasteiger partial charge in [0, 0.05) is 56.0 Å². The maximum Gasteiger partial charge on any atom is 0.253 e. The first-order chi connectivity index (χ1) is 13.2. The summed E-state index contributed by atoms with van der Waals surface area (Å²) in [7, 11) is 0. The van der Waals surface area contributed by atoms with E-state index >= 15 is 0 Å². The number of carbonyl (C=O) groups is 2. The van der Waals surface area contributed by atoms with Gasteiger partial charge in [-0.05, 0) is 30.7 Å². The van der Waals surface area contributed by atoms with Crippen LogP contribution in [0.2, 0.25) is 0 Å². The first kappa shape index (κ1) is 17.8. The van der Waals surface area contributed by atoms with Crippen LogP contribution in [0.15, 0.2) is 48.7 Å². The van der Waals surface area contributed by atoms with E-state index in [1.54, 1.807) is 0 Å². The number of H-pyrrole nitrogens is 1. The van der Waals surface area contributed by atoms with Crippen molar-refractivity contribution in [3.63, 3.8) is 0 Å². The maximum absolute atomic E-state index is 12.8. The highest BCUT2D eigenvalue weighted by Crippen LogP contribution is 2.25. The van der Waals surface area contributed by atoms with E-state index < -0.39 is 0 Å². The monoisotopic (exact) mass is 367 g/mol. The fourth-order valence-corrected chi connectivity index (χ4v) is 3.97. The van der Waals surface area contributed by atoms with Crippen LogP contribution in [0.3, 0.4) is 0 Å². The molecule has 2 atom stereocenters. The average Bonchev–Trinajstić information content (AvgIpc) is 3.32. The van der Waals surface area contributed by atoms with Crippen LogP contribution >= 0.6 is 0 Å². The van der Waals surface area contributed by atoms with Gasteiger partial charge in [0.05, 0.1) is 12.7 Å². The normalized spacial score (nSPS) is 22.4. The Hall–Kier alpha value is -2.60. The van der Waals surface area contributed by atoms with Crippen molar-refractivity contribution in [1.82, 2.24) is 14.8 Å². The molecule has 2 aliphatic rings. The highest BCUT2D eigenvalue weighted by Gasteiger charge is 2.39. The van der Waals surface area contributed by atoms with Gasteiger partial charge in [-0.3, -0.25) is 9.59 Å². The molecule has 0 saturated carbocycles. The minimum Gasteiger partial charge on any atom is -0.374 e. The first-order valence-corrected chi connectivity index (χ1v) is 9.56. The number of rotatable bonds is 4. The Labute approximate surface area is 159 Å². The molecule has 2 amide bonds. The number of hydrogen-bond donors (Lipinski definition) is 1. The van der Waals surface area contributed by atoms with E-state index in [0.717, 1.165) is 12.1 Å². The lowest BCUT2D eigenvalue weighted by atomic mass is 10.1. The zero-order valence-electron chi connectivity index (χ0n) is 15.3. The second-order valence-electron chi connectivity index (χ2n) is 7.28. The molecule has 2 aromatic rings. The Balaban J connectivity index is 1.36. The van der Waals surface area contributed by atoms with Crippen LogP contribution in [0.1, 0.15) is 22.5 Å². The number of aromatic nitrogens is 1. The lowest BCUT2D eigenvalue weighted by Gasteiger charge is -2.23. The molecule has 1 N–H and O–H groups in total. The third-order valence-electron chi connectivity index (χ3n) is 5.46. The van der Waals surface area contributed by atoms with E-state index in [9.17, 15) is 9.59 Å². The Morgan fingerprint density at radius 2 is 1.85 bits per heavy atom. The van der Waals surface area contributed by atoms with Crippen LogP contribution in [0, 0.1) is 5.92 Å². The Kier molecular flexibility index (Phi) is 5.25. The Bertz CT molecular complexity index is 775. The molecule has 4 rings (SSSR count). The third-order valence-corrected chi connectivity index (χ3v) is 5.46. The van der Waals surface area contributed by atoms with Crippen LogP contribution in [0.4, 0.5) is 0 Å². The highest BCUT2D eigenvalue weighted by atomic mass is 16.5. The summed E-state index contributed by atoms with van der Waals surface area (Å²) in [5.41, 5.74) is 1.78. The van der Waals surface area contributed by atoms with Crippen molar-refractivity contribution in [2.45, 2.75) is 18.9 Å². The van der Waals surface area contributed by atoms with Gasteiger partial charge in [-0.1, -0.05) is 18.2 Å². The lowest BCUT2D eigenvalue weighted by molar-refractivity contribution is -0.130. The van der Waals surface area contributed by atoms with E-state index in [0.29, 0.717) is 44.8 Å². The topological polar surface area (TPSA) is 65.6 Å². The maximum atomic E-state index is 12.8. The first-order valence-electron chi connectivity index (χ1n) is 9.56. The van der Waals surface area contributed by atoms with Gasteiger partial charge in [-0.15, -0.1) is 0 Å². The Morgan fingerprint density at radius 3 is 2.63 bits per heavy atom. The predicted molar refractivity (Wildman–Crippen MR) is 101 cm³/mol. The summed E-state index contributed by atoms with van der Waals surface area (Å²) in [4.78, 5) is 32.3. The van der Waals surface area contributed by atoms with Gasteiger partial charge in [0.25, 0.3) is 5.91 Å². The number of nitrogens with one attached hydrogen (secondary N) is 1.